The van der Waals surface area contributed by atoms with Gasteiger partial charge in [0.2, 0.25) is 11.8 Å². The maximum absolute atomic E-state index is 5.62. The van der Waals surface area contributed by atoms with E-state index in [1.54, 1.807) is 13.2 Å². The molecule has 1 aromatic rings. The molecule has 0 bridgehead atoms. The molecule has 1 aliphatic rings. The summed E-state index contributed by atoms with van der Waals surface area (Å²) in [6.07, 6.45) is 2.67. The molecule has 3 N–H and O–H groups in total. The second-order valence-electron chi connectivity index (χ2n) is 5.15. The standard InChI is InChI=1S/C13H23N5O/c1-10(9-18-5-3-4-6-18)8-15-11-7-12(19-2)17-13(14)16-11/h7,10H,3-6,8-9H2,1-2H3,(H3,14,15,16,17). The predicted molar refractivity (Wildman–Crippen MR) is 76.3 cm³/mol. The number of hydrogen-bond acceptors (Lipinski definition) is 6. The van der Waals surface area contributed by atoms with Crippen molar-refractivity contribution in [1.29, 1.82) is 0 Å². The van der Waals surface area contributed by atoms with Crippen LogP contribution in [0, 0.1) is 5.92 Å². The van der Waals surface area contributed by atoms with Gasteiger partial charge in [-0.15, -0.1) is 0 Å². The van der Waals surface area contributed by atoms with Gasteiger partial charge in [-0.1, -0.05) is 6.92 Å². The maximum Gasteiger partial charge on any atom is 0.225 e. The summed E-state index contributed by atoms with van der Waals surface area (Å²) >= 11 is 0. The first kappa shape index (κ1) is 13.9. The third kappa shape index (κ3) is 4.24. The molecule has 1 unspecified atom stereocenters. The zero-order valence-corrected chi connectivity index (χ0v) is 11.7. The largest absolute Gasteiger partial charge is 0.481 e. The third-order valence-electron chi connectivity index (χ3n) is 3.33. The van der Waals surface area contributed by atoms with Crippen molar-refractivity contribution in [3.05, 3.63) is 6.07 Å². The highest BCUT2D eigenvalue weighted by Crippen LogP contribution is 2.15. The van der Waals surface area contributed by atoms with Crippen molar-refractivity contribution in [3.63, 3.8) is 0 Å². The molecule has 1 aromatic heterocycles. The molecule has 0 spiro atoms. The van der Waals surface area contributed by atoms with Crippen LogP contribution in [-0.2, 0) is 0 Å². The van der Waals surface area contributed by atoms with Crippen LogP contribution >= 0.6 is 0 Å². The van der Waals surface area contributed by atoms with Gasteiger partial charge in [0.15, 0.2) is 0 Å². The van der Waals surface area contributed by atoms with Crippen LogP contribution in [0.2, 0.25) is 0 Å². The smallest absolute Gasteiger partial charge is 0.225 e. The molecule has 19 heavy (non-hydrogen) atoms. The lowest BCUT2D eigenvalue weighted by atomic mass is 10.1. The van der Waals surface area contributed by atoms with E-state index in [1.807, 2.05) is 0 Å². The van der Waals surface area contributed by atoms with Crippen molar-refractivity contribution in [2.75, 3.05) is 44.3 Å². The fourth-order valence-electron chi connectivity index (χ4n) is 2.39. The van der Waals surface area contributed by atoms with E-state index in [0.29, 0.717) is 11.8 Å². The van der Waals surface area contributed by atoms with Crippen molar-refractivity contribution in [2.45, 2.75) is 19.8 Å². The molecular formula is C13H23N5O. The van der Waals surface area contributed by atoms with E-state index in [0.717, 1.165) is 18.9 Å². The van der Waals surface area contributed by atoms with Gasteiger partial charge in [0.05, 0.1) is 7.11 Å². The van der Waals surface area contributed by atoms with Crippen LogP contribution in [0.5, 0.6) is 5.88 Å². The summed E-state index contributed by atoms with van der Waals surface area (Å²) in [5, 5.41) is 3.30. The second kappa shape index (κ2) is 6.56. The number of hydrogen-bond donors (Lipinski definition) is 2. The monoisotopic (exact) mass is 265 g/mol. The van der Waals surface area contributed by atoms with Gasteiger partial charge in [0, 0.05) is 19.2 Å². The molecule has 2 heterocycles. The van der Waals surface area contributed by atoms with Gasteiger partial charge < -0.3 is 20.7 Å². The predicted octanol–water partition coefficient (Wildman–Crippen LogP) is 1.21. The molecule has 1 aliphatic heterocycles. The van der Waals surface area contributed by atoms with Gasteiger partial charge in [-0.3, -0.25) is 0 Å². The molecule has 0 saturated carbocycles. The van der Waals surface area contributed by atoms with Crippen molar-refractivity contribution >= 4 is 11.8 Å². The Morgan fingerprint density at radius 2 is 2.16 bits per heavy atom. The Bertz CT molecular complexity index is 406. The Balaban J connectivity index is 1.82. The molecule has 6 heteroatoms. The van der Waals surface area contributed by atoms with Crippen LogP contribution in [-0.4, -0.2) is 48.2 Å². The van der Waals surface area contributed by atoms with E-state index in [9.17, 15) is 0 Å². The molecule has 6 nitrogen and oxygen atoms in total. The van der Waals surface area contributed by atoms with Crippen LogP contribution in [0.25, 0.3) is 0 Å². The molecule has 2 rings (SSSR count). The summed E-state index contributed by atoms with van der Waals surface area (Å²) in [5.74, 6) is 2.01. The van der Waals surface area contributed by atoms with Crippen molar-refractivity contribution < 1.29 is 4.74 Å². The van der Waals surface area contributed by atoms with Crippen LogP contribution in [0.1, 0.15) is 19.8 Å². The lowest BCUT2D eigenvalue weighted by Gasteiger charge is -2.20. The fraction of sp³-hybridized carbons (Fsp3) is 0.692. The highest BCUT2D eigenvalue weighted by atomic mass is 16.5. The van der Waals surface area contributed by atoms with Crippen LogP contribution in [0.15, 0.2) is 6.07 Å². The molecule has 0 amide bonds. The highest BCUT2D eigenvalue weighted by Gasteiger charge is 2.14. The van der Waals surface area contributed by atoms with Gasteiger partial charge in [-0.25, -0.2) is 0 Å². The number of aromatic nitrogens is 2. The van der Waals surface area contributed by atoms with E-state index in [4.69, 9.17) is 10.5 Å². The Kier molecular flexibility index (Phi) is 4.79. The minimum Gasteiger partial charge on any atom is -0.481 e. The molecule has 1 fully saturated rings. The minimum absolute atomic E-state index is 0.231. The summed E-state index contributed by atoms with van der Waals surface area (Å²) < 4.78 is 5.07. The quantitative estimate of drug-likeness (QED) is 0.805. The Morgan fingerprint density at radius 1 is 1.42 bits per heavy atom. The normalized spacial score (nSPS) is 17.4. The molecule has 0 aliphatic carbocycles. The Hall–Kier alpha value is -1.56. The molecule has 0 radical (unpaired) electrons. The first-order valence-corrected chi connectivity index (χ1v) is 6.82. The number of nitrogens with two attached hydrogens (primary N) is 1. The van der Waals surface area contributed by atoms with Crippen LogP contribution in [0.3, 0.4) is 0 Å². The zero-order valence-electron chi connectivity index (χ0n) is 11.7. The Morgan fingerprint density at radius 3 is 2.84 bits per heavy atom. The molecule has 1 atom stereocenters. The van der Waals surface area contributed by atoms with Gasteiger partial charge in [0.1, 0.15) is 5.82 Å². The van der Waals surface area contributed by atoms with E-state index in [2.05, 4.69) is 27.1 Å². The van der Waals surface area contributed by atoms with Gasteiger partial charge in [-0.05, 0) is 31.8 Å². The number of nitrogen functional groups attached to an aromatic ring is 1. The Labute approximate surface area is 114 Å². The molecular weight excluding hydrogens is 242 g/mol. The van der Waals surface area contributed by atoms with Gasteiger partial charge >= 0.3 is 0 Å². The van der Waals surface area contributed by atoms with Gasteiger partial charge in [-0.2, -0.15) is 9.97 Å². The lowest BCUT2D eigenvalue weighted by molar-refractivity contribution is 0.294. The number of likely N-dealkylation sites (tertiary alicyclic amines) is 1. The average molecular weight is 265 g/mol. The van der Waals surface area contributed by atoms with E-state index in [1.165, 1.54) is 25.9 Å². The summed E-state index contributed by atoms with van der Waals surface area (Å²) in [4.78, 5) is 10.6. The first-order chi connectivity index (χ1) is 9.17. The van der Waals surface area contributed by atoms with E-state index < -0.39 is 0 Å². The van der Waals surface area contributed by atoms with Crippen LogP contribution in [0.4, 0.5) is 11.8 Å². The van der Waals surface area contributed by atoms with Crippen molar-refractivity contribution in [2.24, 2.45) is 5.92 Å². The number of nitrogens with one attached hydrogen (secondary N) is 1. The zero-order chi connectivity index (χ0) is 13.7. The third-order valence-corrected chi connectivity index (χ3v) is 3.33. The average Bonchev–Trinajstić information content (AvgIpc) is 2.88. The maximum atomic E-state index is 5.62. The summed E-state index contributed by atoms with van der Waals surface area (Å²) in [5.41, 5.74) is 5.62. The van der Waals surface area contributed by atoms with Gasteiger partial charge in [0.25, 0.3) is 0 Å². The lowest BCUT2D eigenvalue weighted by Crippen LogP contribution is -2.29. The topological polar surface area (TPSA) is 76.3 Å². The molecule has 0 aromatic carbocycles. The SMILES string of the molecule is COc1cc(NCC(C)CN2CCCC2)nc(N)n1. The highest BCUT2D eigenvalue weighted by molar-refractivity contribution is 5.42. The molecule has 1 saturated heterocycles. The first-order valence-electron chi connectivity index (χ1n) is 6.82. The number of methoxy groups -OCH3 is 1. The van der Waals surface area contributed by atoms with E-state index in [-0.39, 0.29) is 5.95 Å². The number of nitrogens with zero attached hydrogens (tertiary/aromatic N) is 3. The van der Waals surface area contributed by atoms with E-state index >= 15 is 0 Å². The molecule has 106 valence electrons. The number of anilines is 2. The number of rotatable bonds is 6. The van der Waals surface area contributed by atoms with Crippen molar-refractivity contribution in [1.82, 2.24) is 14.9 Å². The summed E-state index contributed by atoms with van der Waals surface area (Å²) in [6, 6.07) is 1.76. The second-order valence-corrected chi connectivity index (χ2v) is 5.15. The number of ether oxygens (including phenoxy) is 1. The minimum atomic E-state index is 0.231. The van der Waals surface area contributed by atoms with Crippen LogP contribution < -0.4 is 15.8 Å². The fourth-order valence-corrected chi connectivity index (χ4v) is 2.39. The summed E-state index contributed by atoms with van der Waals surface area (Å²) in [7, 11) is 1.57. The van der Waals surface area contributed by atoms with Crippen molar-refractivity contribution in [3.8, 4) is 5.88 Å². The summed E-state index contributed by atoms with van der Waals surface area (Å²) in [6.45, 7) is 6.71.